The summed E-state index contributed by atoms with van der Waals surface area (Å²) in [5, 5.41) is -0.947. The van der Waals surface area contributed by atoms with Gasteiger partial charge in [0.05, 0.1) is 18.7 Å². The molecule has 0 aliphatic carbocycles. The summed E-state index contributed by atoms with van der Waals surface area (Å²) in [6.07, 6.45) is -8.28. The lowest BCUT2D eigenvalue weighted by Gasteiger charge is -2.36. The third-order valence-electron chi connectivity index (χ3n) is 7.87. The van der Waals surface area contributed by atoms with Gasteiger partial charge in [-0.15, -0.1) is 11.3 Å². The largest absolute Gasteiger partial charge is 0.443 e. The van der Waals surface area contributed by atoms with Gasteiger partial charge in [-0.05, 0) is 24.6 Å². The monoisotopic (exact) mass is 670 g/mol. The van der Waals surface area contributed by atoms with Crippen molar-refractivity contribution in [1.82, 2.24) is 19.0 Å². The highest BCUT2D eigenvalue weighted by Gasteiger charge is 2.36. The summed E-state index contributed by atoms with van der Waals surface area (Å²) >= 11 is 0.544. The van der Waals surface area contributed by atoms with E-state index in [4.69, 9.17) is 5.73 Å². The summed E-state index contributed by atoms with van der Waals surface area (Å²) in [6, 6.07) is 10.3. The second-order valence-corrected chi connectivity index (χ2v) is 12.0. The predicted octanol–water partition coefficient (Wildman–Crippen LogP) is 5.02. The number of anilines is 1. The van der Waals surface area contributed by atoms with Crippen molar-refractivity contribution >= 4 is 17.0 Å². The molecule has 0 bridgehead atoms. The Morgan fingerprint density at radius 1 is 0.891 bits per heavy atom. The molecule has 4 aromatic rings. The minimum absolute atomic E-state index is 0.0431. The Kier molecular flexibility index (Phi) is 9.42. The Morgan fingerprint density at radius 2 is 1.57 bits per heavy atom. The van der Waals surface area contributed by atoms with Crippen LogP contribution in [0.3, 0.4) is 0 Å². The molecule has 1 saturated heterocycles. The van der Waals surface area contributed by atoms with Crippen molar-refractivity contribution in [3.8, 4) is 0 Å². The van der Waals surface area contributed by atoms with Crippen molar-refractivity contribution in [3.05, 3.63) is 114 Å². The van der Waals surface area contributed by atoms with E-state index in [0.717, 1.165) is 27.3 Å². The normalized spacial score (nSPS) is 15.4. The van der Waals surface area contributed by atoms with Crippen molar-refractivity contribution in [1.29, 1.82) is 0 Å². The third kappa shape index (κ3) is 7.03. The van der Waals surface area contributed by atoms with Crippen LogP contribution in [-0.4, -0.2) is 45.2 Å². The molecule has 3 heterocycles. The molecule has 8 nitrogen and oxygen atoms in total. The Hall–Kier alpha value is -4.02. The number of halogens is 7. The van der Waals surface area contributed by atoms with Crippen LogP contribution in [0.1, 0.15) is 38.3 Å². The number of aromatic nitrogens is 3. The number of piperazine rings is 1. The lowest BCUT2D eigenvalue weighted by Crippen LogP contribution is -2.51. The van der Waals surface area contributed by atoms with Crippen LogP contribution in [-0.2, 0) is 32.0 Å². The molecule has 5 rings (SSSR count). The van der Waals surface area contributed by atoms with Gasteiger partial charge >= 0.3 is 18.0 Å². The van der Waals surface area contributed by atoms with Gasteiger partial charge < -0.3 is 10.6 Å². The van der Waals surface area contributed by atoms with Crippen LogP contribution in [0.15, 0.2) is 64.3 Å². The van der Waals surface area contributed by atoms with E-state index in [1.165, 1.54) is 13.1 Å². The zero-order chi connectivity index (χ0) is 33.4. The SMILES string of the molecule is Cc1c(N2CCN(Cc3cnc(C(F)(F)F)s3)CC2)c(=O)n(CC(N)c2ccccc2)c(=O)n1Cc1c(F)cccc1C(F)(F)F. The highest BCUT2D eigenvalue weighted by atomic mass is 32.1. The number of rotatable bonds is 8. The van der Waals surface area contributed by atoms with Gasteiger partial charge in [-0.25, -0.2) is 14.2 Å². The van der Waals surface area contributed by atoms with Crippen LogP contribution in [0.2, 0.25) is 0 Å². The zero-order valence-corrected chi connectivity index (χ0v) is 25.2. The minimum Gasteiger partial charge on any atom is -0.363 e. The van der Waals surface area contributed by atoms with Gasteiger partial charge in [-0.3, -0.25) is 18.8 Å². The van der Waals surface area contributed by atoms with E-state index < -0.39 is 58.1 Å². The lowest BCUT2D eigenvalue weighted by molar-refractivity contribution is -0.139. The van der Waals surface area contributed by atoms with E-state index in [1.54, 1.807) is 35.2 Å². The Labute approximate surface area is 262 Å². The number of thiazole rings is 1. The molecule has 1 aliphatic heterocycles. The van der Waals surface area contributed by atoms with Gasteiger partial charge in [-0.2, -0.15) is 26.3 Å². The van der Waals surface area contributed by atoms with Gasteiger partial charge in [0.15, 0.2) is 5.01 Å². The van der Waals surface area contributed by atoms with E-state index in [9.17, 15) is 40.3 Å². The van der Waals surface area contributed by atoms with Crippen molar-refractivity contribution in [2.45, 2.75) is 45.0 Å². The first kappa shape index (κ1) is 33.3. The molecule has 1 aliphatic rings. The topological polar surface area (TPSA) is 89.4 Å². The maximum Gasteiger partial charge on any atom is 0.443 e. The summed E-state index contributed by atoms with van der Waals surface area (Å²) in [5.74, 6) is -1.16. The standard InChI is InChI=1S/C30H29F7N6O2S/c1-18-25(41-12-10-40(11-13-41)15-20-14-39-27(46-20)30(35,36)37)26(44)43(17-24(38)19-6-3-2-4-7-19)28(45)42(18)16-21-22(29(32,33)34)8-5-9-23(21)31/h2-9,14,24H,10-13,15-17,38H2,1H3. The summed E-state index contributed by atoms with van der Waals surface area (Å²) < 4.78 is 97.3. The average molecular weight is 671 g/mol. The van der Waals surface area contributed by atoms with Crippen LogP contribution in [0.25, 0.3) is 0 Å². The van der Waals surface area contributed by atoms with E-state index >= 15 is 0 Å². The first-order chi connectivity index (χ1) is 21.6. The second kappa shape index (κ2) is 13.0. The van der Waals surface area contributed by atoms with Gasteiger partial charge in [-0.1, -0.05) is 36.4 Å². The lowest BCUT2D eigenvalue weighted by atomic mass is 10.1. The molecule has 2 aromatic heterocycles. The molecule has 1 atom stereocenters. The molecule has 0 saturated carbocycles. The summed E-state index contributed by atoms with van der Waals surface area (Å²) in [4.78, 5) is 35.1. The molecule has 2 aromatic carbocycles. The fourth-order valence-electron chi connectivity index (χ4n) is 5.50. The smallest absolute Gasteiger partial charge is 0.363 e. The molecule has 2 N–H and O–H groups in total. The quantitative estimate of drug-likeness (QED) is 0.265. The van der Waals surface area contributed by atoms with E-state index in [1.807, 2.05) is 4.90 Å². The first-order valence-electron chi connectivity index (χ1n) is 14.1. The van der Waals surface area contributed by atoms with E-state index in [0.29, 0.717) is 34.9 Å². The molecule has 1 unspecified atom stereocenters. The van der Waals surface area contributed by atoms with Gasteiger partial charge in [0.25, 0.3) is 5.56 Å². The van der Waals surface area contributed by atoms with E-state index in [-0.39, 0.29) is 37.6 Å². The highest BCUT2D eigenvalue weighted by molar-refractivity contribution is 7.11. The molecule has 246 valence electrons. The Balaban J connectivity index is 1.50. The predicted molar refractivity (Wildman–Crippen MR) is 158 cm³/mol. The summed E-state index contributed by atoms with van der Waals surface area (Å²) in [7, 11) is 0. The fourth-order valence-corrected chi connectivity index (χ4v) is 6.33. The molecular formula is C30H29F7N6O2S. The maximum absolute atomic E-state index is 14.9. The summed E-state index contributed by atoms with van der Waals surface area (Å²) in [6.45, 7) is 1.60. The number of alkyl halides is 6. The second-order valence-electron chi connectivity index (χ2n) is 10.9. The van der Waals surface area contributed by atoms with Crippen LogP contribution >= 0.6 is 11.3 Å². The van der Waals surface area contributed by atoms with Crippen molar-refractivity contribution in [3.63, 3.8) is 0 Å². The van der Waals surface area contributed by atoms with Gasteiger partial charge in [0.1, 0.15) is 11.5 Å². The number of benzene rings is 2. The average Bonchev–Trinajstić information content (AvgIpc) is 3.48. The Morgan fingerprint density at radius 3 is 2.17 bits per heavy atom. The third-order valence-corrected chi connectivity index (χ3v) is 8.90. The highest BCUT2D eigenvalue weighted by Crippen LogP contribution is 2.34. The molecular weight excluding hydrogens is 641 g/mol. The van der Waals surface area contributed by atoms with Gasteiger partial charge in [0, 0.05) is 61.1 Å². The van der Waals surface area contributed by atoms with Crippen molar-refractivity contribution in [2.24, 2.45) is 5.73 Å². The molecule has 16 heteroatoms. The first-order valence-corrected chi connectivity index (χ1v) is 15.0. The van der Waals surface area contributed by atoms with E-state index in [2.05, 4.69) is 4.98 Å². The number of nitrogens with zero attached hydrogens (tertiary/aromatic N) is 5. The van der Waals surface area contributed by atoms with Crippen LogP contribution < -0.4 is 21.9 Å². The minimum atomic E-state index is -4.91. The molecule has 0 amide bonds. The van der Waals surface area contributed by atoms with Gasteiger partial charge in [0.2, 0.25) is 0 Å². The number of nitrogens with two attached hydrogens (primary N) is 1. The fraction of sp³-hybridized carbons (Fsp3) is 0.367. The molecule has 46 heavy (non-hydrogen) atoms. The summed E-state index contributed by atoms with van der Waals surface area (Å²) in [5.41, 5.74) is 3.39. The zero-order valence-electron chi connectivity index (χ0n) is 24.4. The number of hydrogen-bond donors (Lipinski definition) is 1. The Bertz CT molecular complexity index is 1810. The van der Waals surface area contributed by atoms with Crippen LogP contribution in [0, 0.1) is 12.7 Å². The van der Waals surface area contributed by atoms with Crippen molar-refractivity contribution < 1.29 is 30.7 Å². The molecule has 1 fully saturated rings. The van der Waals surface area contributed by atoms with Crippen LogP contribution in [0.4, 0.5) is 36.4 Å². The maximum atomic E-state index is 14.9. The van der Waals surface area contributed by atoms with Crippen molar-refractivity contribution in [2.75, 3.05) is 31.1 Å². The number of hydrogen-bond acceptors (Lipinski definition) is 7. The molecule has 0 spiro atoms. The van der Waals surface area contributed by atoms with Crippen LogP contribution in [0.5, 0.6) is 0 Å². The molecule has 0 radical (unpaired) electrons.